The first-order valence-electron chi connectivity index (χ1n) is 7.12. The molecule has 1 saturated carbocycles. The molecule has 1 rings (SSSR count). The van der Waals surface area contributed by atoms with Gasteiger partial charge in [-0.2, -0.15) is 0 Å². The van der Waals surface area contributed by atoms with Crippen LogP contribution in [0.1, 0.15) is 65.2 Å². The molecule has 0 aromatic heterocycles. The van der Waals surface area contributed by atoms with E-state index >= 15 is 0 Å². The van der Waals surface area contributed by atoms with Crippen LogP contribution in [0.25, 0.3) is 0 Å². The molecule has 0 aliphatic heterocycles. The summed E-state index contributed by atoms with van der Waals surface area (Å²) >= 11 is 0. The molecule has 2 atom stereocenters. The topological polar surface area (TPSA) is 49.3 Å². The fraction of sp³-hybridized carbons (Fsp3) is 0.929. The molecule has 1 fully saturated rings. The van der Waals surface area contributed by atoms with Gasteiger partial charge in [0.1, 0.15) is 6.04 Å². The second kappa shape index (κ2) is 7.70. The Morgan fingerprint density at radius 2 is 2.06 bits per heavy atom. The normalized spacial score (nSPS) is 20.4. The Labute approximate surface area is 105 Å². The number of hydrogen-bond acceptors (Lipinski definition) is 2. The predicted octanol–water partition coefficient (Wildman–Crippen LogP) is 3.19. The van der Waals surface area contributed by atoms with Crippen LogP contribution in [-0.4, -0.2) is 23.2 Å². The SMILES string of the molecule is CCCC[C@H](NC(C)CC1CCCC1)C(=O)O. The molecule has 100 valence electrons. The first-order chi connectivity index (χ1) is 8.13. The Kier molecular flexibility index (Phi) is 6.56. The van der Waals surface area contributed by atoms with E-state index in [2.05, 4.69) is 19.2 Å². The summed E-state index contributed by atoms with van der Waals surface area (Å²) in [6.45, 7) is 4.22. The number of carboxylic acid groups (broad SMARTS) is 1. The Bertz CT molecular complexity index is 224. The Morgan fingerprint density at radius 1 is 1.41 bits per heavy atom. The monoisotopic (exact) mass is 241 g/mol. The molecule has 0 amide bonds. The van der Waals surface area contributed by atoms with Crippen molar-refractivity contribution >= 4 is 5.97 Å². The first kappa shape index (κ1) is 14.5. The fourth-order valence-electron chi connectivity index (χ4n) is 2.84. The molecule has 0 saturated heterocycles. The van der Waals surface area contributed by atoms with Crippen LogP contribution in [0.2, 0.25) is 0 Å². The molecule has 1 aliphatic carbocycles. The van der Waals surface area contributed by atoms with E-state index in [1.807, 2.05) is 0 Å². The summed E-state index contributed by atoms with van der Waals surface area (Å²) in [6, 6.07) is -0.0255. The molecule has 3 nitrogen and oxygen atoms in total. The van der Waals surface area contributed by atoms with E-state index in [1.165, 1.54) is 25.7 Å². The van der Waals surface area contributed by atoms with Crippen LogP contribution in [-0.2, 0) is 4.79 Å². The van der Waals surface area contributed by atoms with Gasteiger partial charge < -0.3 is 10.4 Å². The zero-order valence-electron chi connectivity index (χ0n) is 11.2. The summed E-state index contributed by atoms with van der Waals surface area (Å²) in [5, 5.41) is 12.4. The van der Waals surface area contributed by atoms with Gasteiger partial charge in [0.15, 0.2) is 0 Å². The minimum atomic E-state index is -0.697. The van der Waals surface area contributed by atoms with Crippen molar-refractivity contribution in [1.29, 1.82) is 0 Å². The predicted molar refractivity (Wildman–Crippen MR) is 70.1 cm³/mol. The fourth-order valence-corrected chi connectivity index (χ4v) is 2.84. The number of hydrogen-bond donors (Lipinski definition) is 2. The third kappa shape index (κ3) is 5.53. The lowest BCUT2D eigenvalue weighted by atomic mass is 9.98. The summed E-state index contributed by atoms with van der Waals surface area (Å²) < 4.78 is 0. The first-order valence-corrected chi connectivity index (χ1v) is 7.12. The van der Waals surface area contributed by atoms with E-state index in [0.29, 0.717) is 6.04 Å². The minimum absolute atomic E-state index is 0.330. The molecule has 3 heteroatoms. The van der Waals surface area contributed by atoms with Gasteiger partial charge in [-0.1, -0.05) is 45.4 Å². The van der Waals surface area contributed by atoms with Crippen molar-refractivity contribution in [1.82, 2.24) is 5.32 Å². The van der Waals surface area contributed by atoms with Crippen molar-refractivity contribution in [2.75, 3.05) is 0 Å². The quantitative estimate of drug-likeness (QED) is 0.686. The zero-order valence-corrected chi connectivity index (χ0v) is 11.2. The van der Waals surface area contributed by atoms with Gasteiger partial charge in [0.05, 0.1) is 0 Å². The average Bonchev–Trinajstić information content (AvgIpc) is 2.76. The van der Waals surface area contributed by atoms with E-state index < -0.39 is 5.97 Å². The van der Waals surface area contributed by atoms with Gasteiger partial charge in [-0.15, -0.1) is 0 Å². The van der Waals surface area contributed by atoms with Crippen LogP contribution in [0.3, 0.4) is 0 Å². The van der Waals surface area contributed by atoms with Crippen molar-refractivity contribution in [3.63, 3.8) is 0 Å². The van der Waals surface area contributed by atoms with Crippen LogP contribution in [0, 0.1) is 5.92 Å². The second-order valence-corrected chi connectivity index (χ2v) is 5.49. The third-order valence-corrected chi connectivity index (χ3v) is 3.79. The van der Waals surface area contributed by atoms with E-state index in [9.17, 15) is 4.79 Å². The van der Waals surface area contributed by atoms with Crippen LogP contribution in [0.5, 0.6) is 0 Å². The molecule has 1 aliphatic rings. The van der Waals surface area contributed by atoms with Crippen molar-refractivity contribution in [3.05, 3.63) is 0 Å². The molecular weight excluding hydrogens is 214 g/mol. The van der Waals surface area contributed by atoms with Gasteiger partial charge in [-0.05, 0) is 25.7 Å². The summed E-state index contributed by atoms with van der Waals surface area (Å²) in [5.41, 5.74) is 0. The number of carbonyl (C=O) groups is 1. The van der Waals surface area contributed by atoms with Gasteiger partial charge in [0, 0.05) is 6.04 Å². The van der Waals surface area contributed by atoms with Crippen molar-refractivity contribution in [2.24, 2.45) is 5.92 Å². The highest BCUT2D eigenvalue weighted by Gasteiger charge is 2.22. The molecule has 1 unspecified atom stereocenters. The highest BCUT2D eigenvalue weighted by molar-refractivity contribution is 5.73. The zero-order chi connectivity index (χ0) is 12.7. The smallest absolute Gasteiger partial charge is 0.320 e. The van der Waals surface area contributed by atoms with Crippen molar-refractivity contribution in [3.8, 4) is 0 Å². The number of unbranched alkanes of at least 4 members (excludes halogenated alkanes) is 1. The van der Waals surface area contributed by atoms with E-state index in [4.69, 9.17) is 5.11 Å². The van der Waals surface area contributed by atoms with E-state index in [1.54, 1.807) is 0 Å². The maximum atomic E-state index is 11.1. The van der Waals surface area contributed by atoms with Crippen LogP contribution in [0.4, 0.5) is 0 Å². The van der Waals surface area contributed by atoms with Crippen molar-refractivity contribution < 1.29 is 9.90 Å². The molecule has 0 aromatic rings. The lowest BCUT2D eigenvalue weighted by Gasteiger charge is -2.22. The van der Waals surface area contributed by atoms with Gasteiger partial charge >= 0.3 is 5.97 Å². The van der Waals surface area contributed by atoms with Gasteiger partial charge in [0.25, 0.3) is 0 Å². The van der Waals surface area contributed by atoms with Gasteiger partial charge in [-0.3, -0.25) is 4.79 Å². The summed E-state index contributed by atoms with van der Waals surface area (Å²) in [7, 11) is 0. The number of nitrogens with one attached hydrogen (secondary N) is 1. The molecule has 0 bridgehead atoms. The number of rotatable bonds is 8. The molecule has 0 spiro atoms. The lowest BCUT2D eigenvalue weighted by Crippen LogP contribution is -2.42. The van der Waals surface area contributed by atoms with Crippen LogP contribution < -0.4 is 5.32 Å². The summed E-state index contributed by atoms with van der Waals surface area (Å²) in [4.78, 5) is 11.1. The molecule has 0 heterocycles. The molecule has 0 aromatic carbocycles. The van der Waals surface area contributed by atoms with E-state index in [0.717, 1.165) is 31.6 Å². The lowest BCUT2D eigenvalue weighted by molar-refractivity contribution is -0.139. The van der Waals surface area contributed by atoms with Crippen LogP contribution in [0.15, 0.2) is 0 Å². The number of carboxylic acids is 1. The maximum Gasteiger partial charge on any atom is 0.320 e. The molecule has 2 N–H and O–H groups in total. The summed E-state index contributed by atoms with van der Waals surface area (Å²) in [5.74, 6) is 0.120. The van der Waals surface area contributed by atoms with Gasteiger partial charge in [0.2, 0.25) is 0 Å². The number of aliphatic carboxylic acids is 1. The average molecular weight is 241 g/mol. The standard InChI is InChI=1S/C14H27NO2/c1-3-4-9-13(14(16)17)15-11(2)10-12-7-5-6-8-12/h11-13,15H,3-10H2,1-2H3,(H,16,17)/t11?,13-/m0/s1. The Balaban J connectivity index is 2.29. The van der Waals surface area contributed by atoms with Crippen LogP contribution >= 0.6 is 0 Å². The molecule has 17 heavy (non-hydrogen) atoms. The molecule has 0 radical (unpaired) electrons. The maximum absolute atomic E-state index is 11.1. The third-order valence-electron chi connectivity index (χ3n) is 3.79. The van der Waals surface area contributed by atoms with E-state index in [-0.39, 0.29) is 6.04 Å². The largest absolute Gasteiger partial charge is 0.480 e. The highest BCUT2D eigenvalue weighted by Crippen LogP contribution is 2.28. The highest BCUT2D eigenvalue weighted by atomic mass is 16.4. The summed E-state index contributed by atoms with van der Waals surface area (Å²) in [6.07, 6.45) is 9.31. The Morgan fingerprint density at radius 3 is 2.59 bits per heavy atom. The van der Waals surface area contributed by atoms with Crippen molar-refractivity contribution in [2.45, 2.75) is 77.3 Å². The Hall–Kier alpha value is -0.570. The van der Waals surface area contributed by atoms with Gasteiger partial charge in [-0.25, -0.2) is 0 Å². The minimum Gasteiger partial charge on any atom is -0.480 e. The molecular formula is C14H27NO2. The second-order valence-electron chi connectivity index (χ2n) is 5.49.